The van der Waals surface area contributed by atoms with Crippen LogP contribution < -0.4 is 0 Å². The molecule has 4 nitrogen and oxygen atoms in total. The van der Waals surface area contributed by atoms with Gasteiger partial charge in [0.05, 0.1) is 33.0 Å². The maximum Gasteiger partial charge on any atom is 0.0819 e. The molecule has 0 aromatic heterocycles. The van der Waals surface area contributed by atoms with Gasteiger partial charge in [0.25, 0.3) is 0 Å². The standard InChI is InChI=1S/C4H8O2.C4H10O2/c1-2-6-4-3-5-1;1-2-3-4-6-5/h1-4H2;5H,2-4H2,1H3. The van der Waals surface area contributed by atoms with Crippen LogP contribution in [0.2, 0.25) is 0 Å². The molecule has 1 saturated heterocycles. The van der Waals surface area contributed by atoms with Crippen LogP contribution in [0.3, 0.4) is 0 Å². The molecule has 0 atom stereocenters. The van der Waals surface area contributed by atoms with Crippen molar-refractivity contribution in [3.8, 4) is 0 Å². The van der Waals surface area contributed by atoms with Crippen LogP contribution in [0, 0.1) is 0 Å². The molecular weight excluding hydrogens is 160 g/mol. The first-order valence-electron chi connectivity index (χ1n) is 4.33. The molecular formula is C8H18O4. The number of hydrogen-bond acceptors (Lipinski definition) is 4. The minimum Gasteiger partial charge on any atom is -0.377 e. The third-order valence-corrected chi connectivity index (χ3v) is 1.33. The Kier molecular flexibility index (Phi) is 10.7. The lowest BCUT2D eigenvalue weighted by molar-refractivity contribution is -0.242. The van der Waals surface area contributed by atoms with Gasteiger partial charge in [0, 0.05) is 0 Å². The third-order valence-electron chi connectivity index (χ3n) is 1.33. The second-order valence-corrected chi connectivity index (χ2v) is 2.41. The minimum atomic E-state index is 0.469. The van der Waals surface area contributed by atoms with Crippen LogP contribution in [0.5, 0.6) is 0 Å². The molecule has 12 heavy (non-hydrogen) atoms. The average molecular weight is 178 g/mol. The van der Waals surface area contributed by atoms with E-state index in [2.05, 4.69) is 4.89 Å². The van der Waals surface area contributed by atoms with Crippen molar-refractivity contribution < 1.29 is 19.6 Å². The summed E-state index contributed by atoms with van der Waals surface area (Å²) < 4.78 is 9.89. The molecule has 0 amide bonds. The van der Waals surface area contributed by atoms with Crippen LogP contribution in [0.1, 0.15) is 19.8 Å². The Balaban J connectivity index is 0.000000202. The molecule has 74 valence electrons. The largest absolute Gasteiger partial charge is 0.377 e. The van der Waals surface area contributed by atoms with E-state index in [1.54, 1.807) is 0 Å². The van der Waals surface area contributed by atoms with Gasteiger partial charge in [-0.1, -0.05) is 13.3 Å². The van der Waals surface area contributed by atoms with E-state index in [0.717, 1.165) is 39.3 Å². The van der Waals surface area contributed by atoms with Gasteiger partial charge in [0.15, 0.2) is 0 Å². The van der Waals surface area contributed by atoms with Crippen molar-refractivity contribution in [3.05, 3.63) is 0 Å². The van der Waals surface area contributed by atoms with E-state index < -0.39 is 0 Å². The predicted molar refractivity (Wildman–Crippen MR) is 45.1 cm³/mol. The number of hydrogen-bond donors (Lipinski definition) is 1. The molecule has 0 spiro atoms. The van der Waals surface area contributed by atoms with Gasteiger partial charge in [-0.3, -0.25) is 5.26 Å². The van der Waals surface area contributed by atoms with Crippen molar-refractivity contribution in [2.24, 2.45) is 0 Å². The third kappa shape index (κ3) is 9.84. The molecule has 4 heteroatoms. The lowest BCUT2D eigenvalue weighted by Crippen LogP contribution is -2.16. The topological polar surface area (TPSA) is 47.9 Å². The molecule has 0 saturated carbocycles. The summed E-state index contributed by atoms with van der Waals surface area (Å²) in [6.45, 7) is 5.62. The normalized spacial score (nSPS) is 16.5. The minimum absolute atomic E-state index is 0.469. The van der Waals surface area contributed by atoms with Crippen molar-refractivity contribution in [2.45, 2.75) is 19.8 Å². The summed E-state index contributed by atoms with van der Waals surface area (Å²) in [5.41, 5.74) is 0. The molecule has 1 N–H and O–H groups in total. The number of unbranched alkanes of at least 4 members (excludes halogenated alkanes) is 1. The molecule has 0 radical (unpaired) electrons. The summed E-state index contributed by atoms with van der Waals surface area (Å²) in [7, 11) is 0. The smallest absolute Gasteiger partial charge is 0.0819 e. The number of ether oxygens (including phenoxy) is 2. The Morgan fingerprint density at radius 1 is 1.17 bits per heavy atom. The highest BCUT2D eigenvalue weighted by Crippen LogP contribution is 1.85. The first-order valence-corrected chi connectivity index (χ1v) is 4.33. The second kappa shape index (κ2) is 10.8. The van der Waals surface area contributed by atoms with E-state index in [1.807, 2.05) is 6.92 Å². The van der Waals surface area contributed by atoms with Gasteiger partial charge in [0.2, 0.25) is 0 Å². The van der Waals surface area contributed by atoms with Crippen molar-refractivity contribution >= 4 is 0 Å². The first-order chi connectivity index (χ1) is 5.91. The van der Waals surface area contributed by atoms with Crippen molar-refractivity contribution in [3.63, 3.8) is 0 Å². The van der Waals surface area contributed by atoms with Crippen LogP contribution in [-0.4, -0.2) is 38.3 Å². The van der Waals surface area contributed by atoms with E-state index in [-0.39, 0.29) is 0 Å². The lowest BCUT2D eigenvalue weighted by Gasteiger charge is -2.09. The highest BCUT2D eigenvalue weighted by atomic mass is 17.1. The Morgan fingerprint density at radius 3 is 1.83 bits per heavy atom. The molecule has 0 bridgehead atoms. The zero-order valence-electron chi connectivity index (χ0n) is 7.62. The summed E-state index contributed by atoms with van der Waals surface area (Å²) in [5.74, 6) is 0. The Bertz CT molecular complexity index is 57.9. The van der Waals surface area contributed by atoms with Crippen LogP contribution in [0.4, 0.5) is 0 Å². The van der Waals surface area contributed by atoms with Gasteiger partial charge in [0.1, 0.15) is 0 Å². The molecule has 0 aliphatic carbocycles. The van der Waals surface area contributed by atoms with E-state index in [4.69, 9.17) is 14.7 Å². The van der Waals surface area contributed by atoms with Crippen LogP contribution in [0.15, 0.2) is 0 Å². The zero-order chi connectivity index (χ0) is 9.07. The fourth-order valence-electron chi connectivity index (χ4n) is 0.649. The zero-order valence-corrected chi connectivity index (χ0v) is 7.62. The summed E-state index contributed by atoms with van der Waals surface area (Å²) in [5, 5.41) is 7.70. The molecule has 1 rings (SSSR count). The van der Waals surface area contributed by atoms with Crippen LogP contribution in [0.25, 0.3) is 0 Å². The van der Waals surface area contributed by atoms with Gasteiger partial charge in [-0.05, 0) is 6.42 Å². The van der Waals surface area contributed by atoms with Gasteiger partial charge in [-0.2, -0.15) is 0 Å². The maximum absolute atomic E-state index is 7.70. The Morgan fingerprint density at radius 2 is 1.67 bits per heavy atom. The summed E-state index contributed by atoms with van der Waals surface area (Å²) in [6.07, 6.45) is 2.01. The Hall–Kier alpha value is -0.160. The highest BCUT2D eigenvalue weighted by Gasteiger charge is 1.94. The molecule has 0 aromatic rings. The maximum atomic E-state index is 7.70. The predicted octanol–water partition coefficient (Wildman–Crippen LogP) is 1.31. The highest BCUT2D eigenvalue weighted by molar-refractivity contribution is 4.37. The van der Waals surface area contributed by atoms with Gasteiger partial charge >= 0.3 is 0 Å². The van der Waals surface area contributed by atoms with Crippen molar-refractivity contribution in [1.29, 1.82) is 0 Å². The summed E-state index contributed by atoms with van der Waals surface area (Å²) >= 11 is 0. The molecule has 1 fully saturated rings. The summed E-state index contributed by atoms with van der Waals surface area (Å²) in [6, 6.07) is 0. The Labute approximate surface area is 73.4 Å². The van der Waals surface area contributed by atoms with Crippen molar-refractivity contribution in [1.82, 2.24) is 0 Å². The molecule has 0 aromatic carbocycles. The van der Waals surface area contributed by atoms with E-state index in [0.29, 0.717) is 6.61 Å². The van der Waals surface area contributed by atoms with Crippen LogP contribution in [-0.2, 0) is 14.4 Å². The SMILES string of the molecule is C1COCCO1.CCCCOO. The molecule has 1 aliphatic rings. The van der Waals surface area contributed by atoms with E-state index in [9.17, 15) is 0 Å². The quantitative estimate of drug-likeness (QED) is 0.402. The number of rotatable bonds is 3. The second-order valence-electron chi connectivity index (χ2n) is 2.41. The lowest BCUT2D eigenvalue weighted by atomic mass is 10.4. The van der Waals surface area contributed by atoms with Gasteiger partial charge in [-0.25, -0.2) is 4.89 Å². The monoisotopic (exact) mass is 178 g/mol. The molecule has 1 heterocycles. The summed E-state index contributed by atoms with van der Waals surface area (Å²) in [4.78, 5) is 3.78. The first kappa shape index (κ1) is 11.8. The fraction of sp³-hybridized carbons (Fsp3) is 1.00. The fourth-order valence-corrected chi connectivity index (χ4v) is 0.649. The molecule has 0 unspecified atom stereocenters. The molecule has 1 aliphatic heterocycles. The van der Waals surface area contributed by atoms with Crippen LogP contribution >= 0.6 is 0 Å². The van der Waals surface area contributed by atoms with Gasteiger partial charge in [-0.15, -0.1) is 0 Å². The van der Waals surface area contributed by atoms with E-state index >= 15 is 0 Å². The van der Waals surface area contributed by atoms with E-state index in [1.165, 1.54) is 0 Å². The van der Waals surface area contributed by atoms with Gasteiger partial charge < -0.3 is 9.47 Å². The average Bonchev–Trinajstić information content (AvgIpc) is 2.18. The van der Waals surface area contributed by atoms with Crippen molar-refractivity contribution in [2.75, 3.05) is 33.0 Å².